The van der Waals surface area contributed by atoms with Gasteiger partial charge in [0.1, 0.15) is 5.75 Å². The Hall–Kier alpha value is -3.55. The Morgan fingerprint density at radius 2 is 1.81 bits per heavy atom. The maximum atomic E-state index is 12.9. The van der Waals surface area contributed by atoms with Crippen molar-refractivity contribution < 1.29 is 19.1 Å². The lowest BCUT2D eigenvalue weighted by molar-refractivity contribution is -0.125. The smallest absolute Gasteiger partial charge is 0.324 e. The highest BCUT2D eigenvalue weighted by Crippen LogP contribution is 2.23. The van der Waals surface area contributed by atoms with E-state index in [0.717, 1.165) is 42.3 Å². The molecule has 2 aromatic rings. The SMILES string of the molecule is COc1ccc(N2CCC(NC(=O)c3ccccc3CN3C(=O)CNC3=O)CC2)cc1. The molecule has 0 unspecified atom stereocenters. The first-order chi connectivity index (χ1) is 15.0. The molecule has 2 saturated heterocycles. The van der Waals surface area contributed by atoms with Crippen molar-refractivity contribution in [2.45, 2.75) is 25.4 Å². The number of nitrogens with zero attached hydrogens (tertiary/aromatic N) is 2. The summed E-state index contributed by atoms with van der Waals surface area (Å²) in [6, 6.07) is 14.7. The van der Waals surface area contributed by atoms with Crippen molar-refractivity contribution in [1.82, 2.24) is 15.5 Å². The van der Waals surface area contributed by atoms with E-state index >= 15 is 0 Å². The van der Waals surface area contributed by atoms with Crippen molar-refractivity contribution in [2.24, 2.45) is 0 Å². The predicted octanol–water partition coefficient (Wildman–Crippen LogP) is 2.15. The van der Waals surface area contributed by atoms with Crippen LogP contribution < -0.4 is 20.3 Å². The average molecular weight is 422 g/mol. The first kappa shape index (κ1) is 20.7. The number of amides is 4. The monoisotopic (exact) mass is 422 g/mol. The second-order valence-electron chi connectivity index (χ2n) is 7.73. The van der Waals surface area contributed by atoms with Gasteiger partial charge in [-0.2, -0.15) is 0 Å². The zero-order valence-corrected chi connectivity index (χ0v) is 17.5. The minimum Gasteiger partial charge on any atom is -0.497 e. The Labute approximate surface area is 181 Å². The van der Waals surface area contributed by atoms with Crippen molar-refractivity contribution in [3.8, 4) is 5.75 Å². The molecular formula is C23H26N4O4. The van der Waals surface area contributed by atoms with Crippen molar-refractivity contribution in [2.75, 3.05) is 31.6 Å². The summed E-state index contributed by atoms with van der Waals surface area (Å²) in [5.41, 5.74) is 2.29. The van der Waals surface area contributed by atoms with E-state index in [1.807, 2.05) is 24.3 Å². The average Bonchev–Trinajstić information content (AvgIpc) is 3.12. The maximum absolute atomic E-state index is 12.9. The van der Waals surface area contributed by atoms with Gasteiger partial charge in [0.05, 0.1) is 20.2 Å². The van der Waals surface area contributed by atoms with Crippen LogP contribution in [0.5, 0.6) is 5.75 Å². The lowest BCUT2D eigenvalue weighted by Gasteiger charge is -2.34. The molecule has 162 valence electrons. The molecule has 0 bridgehead atoms. The van der Waals surface area contributed by atoms with Crippen LogP contribution in [0.25, 0.3) is 0 Å². The van der Waals surface area contributed by atoms with Crippen LogP contribution in [-0.2, 0) is 11.3 Å². The molecule has 0 atom stereocenters. The fraction of sp³-hybridized carbons (Fsp3) is 0.348. The van der Waals surface area contributed by atoms with Crippen LogP contribution in [-0.4, -0.2) is 55.5 Å². The van der Waals surface area contributed by atoms with Gasteiger partial charge in [-0.25, -0.2) is 4.79 Å². The van der Waals surface area contributed by atoms with E-state index in [4.69, 9.17) is 4.74 Å². The minimum atomic E-state index is -0.425. The van der Waals surface area contributed by atoms with Crippen molar-refractivity contribution in [3.05, 3.63) is 59.7 Å². The summed E-state index contributed by atoms with van der Waals surface area (Å²) in [5, 5.41) is 5.63. The molecule has 8 heteroatoms. The number of ether oxygens (including phenoxy) is 1. The molecule has 4 rings (SSSR count). The second kappa shape index (κ2) is 9.07. The van der Waals surface area contributed by atoms with Gasteiger partial charge in [0.25, 0.3) is 5.91 Å². The lowest BCUT2D eigenvalue weighted by Crippen LogP contribution is -2.45. The fourth-order valence-corrected chi connectivity index (χ4v) is 4.00. The van der Waals surface area contributed by atoms with E-state index in [0.29, 0.717) is 11.1 Å². The molecule has 2 aromatic carbocycles. The number of hydrogen-bond acceptors (Lipinski definition) is 5. The number of nitrogens with one attached hydrogen (secondary N) is 2. The highest BCUT2D eigenvalue weighted by atomic mass is 16.5. The highest BCUT2D eigenvalue weighted by molar-refractivity contribution is 6.02. The van der Waals surface area contributed by atoms with Crippen molar-refractivity contribution >= 4 is 23.5 Å². The van der Waals surface area contributed by atoms with Crippen molar-refractivity contribution in [1.29, 1.82) is 0 Å². The van der Waals surface area contributed by atoms with Crippen molar-refractivity contribution in [3.63, 3.8) is 0 Å². The van der Waals surface area contributed by atoms with Gasteiger partial charge in [0.2, 0.25) is 5.91 Å². The molecule has 31 heavy (non-hydrogen) atoms. The molecule has 2 fully saturated rings. The molecule has 0 radical (unpaired) electrons. The molecule has 0 spiro atoms. The van der Waals surface area contributed by atoms with Gasteiger partial charge in [-0.1, -0.05) is 18.2 Å². The van der Waals surface area contributed by atoms with Gasteiger partial charge < -0.3 is 20.3 Å². The molecule has 2 heterocycles. The summed E-state index contributed by atoms with van der Waals surface area (Å²) in [6.45, 7) is 1.78. The third-order valence-corrected chi connectivity index (χ3v) is 5.80. The van der Waals surface area contributed by atoms with Crippen LogP contribution in [0.1, 0.15) is 28.8 Å². The van der Waals surface area contributed by atoms with E-state index in [-0.39, 0.29) is 30.9 Å². The van der Waals surface area contributed by atoms with Gasteiger partial charge in [0, 0.05) is 30.4 Å². The van der Waals surface area contributed by atoms with E-state index < -0.39 is 6.03 Å². The summed E-state index contributed by atoms with van der Waals surface area (Å²) in [7, 11) is 1.65. The molecule has 0 aromatic heterocycles. The first-order valence-electron chi connectivity index (χ1n) is 10.4. The van der Waals surface area contributed by atoms with E-state index in [9.17, 15) is 14.4 Å². The number of carbonyl (C=O) groups excluding carboxylic acids is 3. The number of carbonyl (C=O) groups is 3. The zero-order valence-electron chi connectivity index (χ0n) is 17.5. The van der Waals surface area contributed by atoms with Crippen LogP contribution in [0.15, 0.2) is 48.5 Å². The summed E-state index contributed by atoms with van der Waals surface area (Å²) < 4.78 is 5.21. The van der Waals surface area contributed by atoms with E-state index in [1.165, 1.54) is 0 Å². The van der Waals surface area contributed by atoms with E-state index in [1.54, 1.807) is 31.4 Å². The molecule has 0 saturated carbocycles. The Bertz CT molecular complexity index is 952. The molecule has 0 aliphatic carbocycles. The molecule has 2 N–H and O–H groups in total. The van der Waals surface area contributed by atoms with Gasteiger partial charge in [-0.15, -0.1) is 0 Å². The summed E-state index contributed by atoms with van der Waals surface area (Å²) in [4.78, 5) is 40.1. The molecule has 4 amide bonds. The Morgan fingerprint density at radius 1 is 1.10 bits per heavy atom. The Balaban J connectivity index is 1.36. The standard InChI is InChI=1S/C23H26N4O4/c1-31-19-8-6-18(7-9-19)26-12-10-17(11-13-26)25-22(29)20-5-3-2-4-16(20)15-27-21(28)14-24-23(27)30/h2-9,17H,10-15H2,1H3,(H,24,30)(H,25,29). The number of anilines is 1. The van der Waals surface area contributed by atoms with Gasteiger partial charge in [-0.3, -0.25) is 14.5 Å². The second-order valence-corrected chi connectivity index (χ2v) is 7.73. The zero-order chi connectivity index (χ0) is 21.8. The predicted molar refractivity (Wildman–Crippen MR) is 116 cm³/mol. The number of benzene rings is 2. The third kappa shape index (κ3) is 4.63. The van der Waals surface area contributed by atoms with Crippen LogP contribution in [0.4, 0.5) is 10.5 Å². The summed E-state index contributed by atoms with van der Waals surface area (Å²) >= 11 is 0. The molecular weight excluding hydrogens is 396 g/mol. The lowest BCUT2D eigenvalue weighted by atomic mass is 10.0. The highest BCUT2D eigenvalue weighted by Gasteiger charge is 2.30. The number of hydrogen-bond donors (Lipinski definition) is 2. The number of rotatable bonds is 6. The number of methoxy groups -OCH3 is 1. The van der Waals surface area contributed by atoms with E-state index in [2.05, 4.69) is 15.5 Å². The van der Waals surface area contributed by atoms with Gasteiger partial charge >= 0.3 is 6.03 Å². The third-order valence-electron chi connectivity index (χ3n) is 5.80. The number of imide groups is 1. The molecule has 8 nitrogen and oxygen atoms in total. The summed E-state index contributed by atoms with van der Waals surface area (Å²) in [6.07, 6.45) is 1.68. The summed E-state index contributed by atoms with van der Waals surface area (Å²) in [5.74, 6) is 0.370. The number of urea groups is 1. The quantitative estimate of drug-likeness (QED) is 0.696. The number of piperidine rings is 1. The van der Waals surface area contributed by atoms with Crippen LogP contribution in [0.2, 0.25) is 0 Å². The topological polar surface area (TPSA) is 91.0 Å². The molecule has 2 aliphatic rings. The Kier molecular flexibility index (Phi) is 6.06. The maximum Gasteiger partial charge on any atom is 0.324 e. The Morgan fingerprint density at radius 3 is 2.45 bits per heavy atom. The van der Waals surface area contributed by atoms with Crippen LogP contribution >= 0.6 is 0 Å². The fourth-order valence-electron chi connectivity index (χ4n) is 4.00. The first-order valence-corrected chi connectivity index (χ1v) is 10.4. The van der Waals surface area contributed by atoms with Crippen LogP contribution in [0.3, 0.4) is 0 Å². The van der Waals surface area contributed by atoms with Gasteiger partial charge in [-0.05, 0) is 48.7 Å². The van der Waals surface area contributed by atoms with Crippen LogP contribution in [0, 0.1) is 0 Å². The normalized spacial score (nSPS) is 16.9. The molecule has 2 aliphatic heterocycles. The minimum absolute atomic E-state index is 0.0000335. The van der Waals surface area contributed by atoms with Gasteiger partial charge in [0.15, 0.2) is 0 Å². The largest absolute Gasteiger partial charge is 0.497 e.